The van der Waals surface area contributed by atoms with Gasteiger partial charge in [-0.3, -0.25) is 14.5 Å². The molecule has 0 fully saturated rings. The van der Waals surface area contributed by atoms with E-state index in [1.165, 1.54) is 22.3 Å². The third-order valence-corrected chi connectivity index (χ3v) is 5.80. The zero-order valence-electron chi connectivity index (χ0n) is 16.9. The number of hydrogen-bond donors (Lipinski definition) is 2. The van der Waals surface area contributed by atoms with Gasteiger partial charge < -0.3 is 10.1 Å². The average Bonchev–Trinajstić information content (AvgIpc) is 3.33. The van der Waals surface area contributed by atoms with Crippen LogP contribution in [0.25, 0.3) is 22.5 Å². The molecule has 1 amide bonds. The third-order valence-electron chi connectivity index (χ3n) is 5.49. The number of carbonyl (C=O) groups is 1. The van der Waals surface area contributed by atoms with Crippen molar-refractivity contribution in [3.8, 4) is 28.3 Å². The first-order valence-electron chi connectivity index (χ1n) is 9.93. The number of carbonyl (C=O) groups excluding carboxylic acids is 1. The van der Waals surface area contributed by atoms with E-state index in [4.69, 9.17) is 17.0 Å². The van der Waals surface area contributed by atoms with Gasteiger partial charge in [0.25, 0.3) is 0 Å². The number of methoxy groups -OCH3 is 1. The lowest BCUT2D eigenvalue weighted by molar-refractivity contribution is -0.116. The quantitative estimate of drug-likeness (QED) is 0.394. The molecular weight excluding hydrogens is 408 g/mol. The monoisotopic (exact) mass is 428 g/mol. The largest absolute Gasteiger partial charge is 0.497 e. The van der Waals surface area contributed by atoms with Gasteiger partial charge in [0.15, 0.2) is 10.6 Å². The van der Waals surface area contributed by atoms with Crippen LogP contribution in [0.1, 0.15) is 11.1 Å². The van der Waals surface area contributed by atoms with Crippen molar-refractivity contribution >= 4 is 23.8 Å². The molecule has 0 aliphatic heterocycles. The summed E-state index contributed by atoms with van der Waals surface area (Å²) < 4.78 is 7.29. The van der Waals surface area contributed by atoms with Crippen LogP contribution in [0.2, 0.25) is 0 Å². The lowest BCUT2D eigenvalue weighted by Gasteiger charge is -2.10. The normalized spacial score (nSPS) is 11.6. The van der Waals surface area contributed by atoms with E-state index in [9.17, 15) is 4.79 Å². The molecular formula is C24H20N4O2S. The fourth-order valence-corrected chi connectivity index (χ4v) is 4.19. The lowest BCUT2D eigenvalue weighted by atomic mass is 10.1. The minimum absolute atomic E-state index is 0.0635. The number of rotatable bonds is 5. The van der Waals surface area contributed by atoms with Crippen LogP contribution in [0.15, 0.2) is 66.7 Å². The number of anilines is 1. The first kappa shape index (κ1) is 19.3. The Kier molecular flexibility index (Phi) is 4.88. The van der Waals surface area contributed by atoms with Gasteiger partial charge in [0, 0.05) is 11.3 Å². The molecule has 7 heteroatoms. The highest BCUT2D eigenvalue weighted by atomic mass is 32.1. The molecule has 154 valence electrons. The van der Waals surface area contributed by atoms with Crippen molar-refractivity contribution in [1.82, 2.24) is 14.8 Å². The van der Waals surface area contributed by atoms with E-state index in [-0.39, 0.29) is 12.5 Å². The zero-order chi connectivity index (χ0) is 21.4. The van der Waals surface area contributed by atoms with Crippen molar-refractivity contribution in [2.24, 2.45) is 0 Å². The second kappa shape index (κ2) is 7.85. The molecule has 5 rings (SSSR count). The Morgan fingerprint density at radius 2 is 1.87 bits per heavy atom. The van der Waals surface area contributed by atoms with Crippen LogP contribution < -0.4 is 10.1 Å². The highest BCUT2D eigenvalue weighted by Gasteiger charge is 2.19. The summed E-state index contributed by atoms with van der Waals surface area (Å²) >= 11 is 5.35. The van der Waals surface area contributed by atoms with Crippen molar-refractivity contribution in [1.29, 1.82) is 0 Å². The Morgan fingerprint density at radius 1 is 1.10 bits per heavy atom. The zero-order valence-corrected chi connectivity index (χ0v) is 17.7. The van der Waals surface area contributed by atoms with E-state index in [0.29, 0.717) is 10.6 Å². The predicted molar refractivity (Wildman–Crippen MR) is 123 cm³/mol. The number of nitrogens with zero attached hydrogens (tertiary/aromatic N) is 2. The van der Waals surface area contributed by atoms with Crippen LogP contribution in [-0.2, 0) is 17.8 Å². The molecule has 0 atom stereocenters. The highest BCUT2D eigenvalue weighted by molar-refractivity contribution is 7.71. The van der Waals surface area contributed by atoms with Gasteiger partial charge in [-0.25, -0.2) is 0 Å². The van der Waals surface area contributed by atoms with Gasteiger partial charge in [0.1, 0.15) is 12.3 Å². The number of fused-ring (bicyclic) bond motifs is 3. The molecule has 3 aromatic carbocycles. The van der Waals surface area contributed by atoms with E-state index < -0.39 is 0 Å². The molecule has 0 radical (unpaired) electrons. The second-order valence-electron chi connectivity index (χ2n) is 7.42. The maximum atomic E-state index is 12.8. The molecule has 1 aromatic heterocycles. The van der Waals surface area contributed by atoms with Gasteiger partial charge in [-0.05, 0) is 77.3 Å². The maximum absolute atomic E-state index is 12.8. The van der Waals surface area contributed by atoms with E-state index in [1.54, 1.807) is 11.7 Å². The van der Waals surface area contributed by atoms with Crippen LogP contribution in [0, 0.1) is 4.77 Å². The van der Waals surface area contributed by atoms with Crippen LogP contribution >= 0.6 is 12.2 Å². The predicted octanol–water partition coefficient (Wildman–Crippen LogP) is 4.83. The molecule has 0 saturated carbocycles. The van der Waals surface area contributed by atoms with E-state index >= 15 is 0 Å². The summed E-state index contributed by atoms with van der Waals surface area (Å²) in [6.45, 7) is 0.0635. The highest BCUT2D eigenvalue weighted by Crippen LogP contribution is 2.37. The summed E-state index contributed by atoms with van der Waals surface area (Å²) in [5.74, 6) is 1.19. The summed E-state index contributed by atoms with van der Waals surface area (Å²) in [6.07, 6.45) is 0.879. The van der Waals surface area contributed by atoms with Gasteiger partial charge >= 0.3 is 0 Å². The number of aromatic amines is 1. The van der Waals surface area contributed by atoms with Gasteiger partial charge in [-0.15, -0.1) is 0 Å². The molecule has 0 bridgehead atoms. The summed E-state index contributed by atoms with van der Waals surface area (Å²) in [6, 6.07) is 21.9. The molecule has 0 spiro atoms. The standard InChI is InChI=1S/C24H20N4O2S/c1-30-19-9-6-15(7-10-19)23-26-27-24(31)28(23)14-22(29)25-18-8-11-21-17(13-18)12-16-4-2-3-5-20(16)21/h2-11,13H,12,14H2,1H3,(H,25,29)(H,27,31). The minimum Gasteiger partial charge on any atom is -0.497 e. The molecule has 1 aliphatic rings. The fraction of sp³-hybridized carbons (Fsp3) is 0.125. The first-order valence-corrected chi connectivity index (χ1v) is 10.3. The Balaban J connectivity index is 1.34. The van der Waals surface area contributed by atoms with E-state index in [0.717, 1.165) is 23.4 Å². The molecule has 1 aliphatic carbocycles. The number of benzene rings is 3. The van der Waals surface area contributed by atoms with Crippen molar-refractivity contribution in [3.05, 3.63) is 82.6 Å². The van der Waals surface area contributed by atoms with Gasteiger partial charge in [0.2, 0.25) is 5.91 Å². The Bertz CT molecular complexity index is 1340. The molecule has 1 heterocycles. The Hall–Kier alpha value is -3.71. The smallest absolute Gasteiger partial charge is 0.244 e. The van der Waals surface area contributed by atoms with E-state index in [2.05, 4.69) is 45.8 Å². The number of ether oxygens (including phenoxy) is 1. The van der Waals surface area contributed by atoms with Crippen molar-refractivity contribution in [2.75, 3.05) is 12.4 Å². The number of nitrogens with one attached hydrogen (secondary N) is 2. The molecule has 4 aromatic rings. The van der Waals surface area contributed by atoms with Crippen molar-refractivity contribution < 1.29 is 9.53 Å². The summed E-state index contributed by atoms with van der Waals surface area (Å²) in [5, 5.41) is 10.1. The molecule has 0 unspecified atom stereocenters. The Labute approximate surface area is 184 Å². The molecule has 6 nitrogen and oxygen atoms in total. The van der Waals surface area contributed by atoms with Gasteiger partial charge in [-0.2, -0.15) is 5.10 Å². The molecule has 2 N–H and O–H groups in total. The van der Waals surface area contributed by atoms with Crippen molar-refractivity contribution in [2.45, 2.75) is 13.0 Å². The van der Waals surface area contributed by atoms with E-state index in [1.807, 2.05) is 36.4 Å². The van der Waals surface area contributed by atoms with Crippen LogP contribution in [0.5, 0.6) is 5.75 Å². The summed E-state index contributed by atoms with van der Waals surface area (Å²) in [4.78, 5) is 12.8. The van der Waals surface area contributed by atoms with Crippen LogP contribution in [-0.4, -0.2) is 27.8 Å². The van der Waals surface area contributed by atoms with Crippen LogP contribution in [0.3, 0.4) is 0 Å². The van der Waals surface area contributed by atoms with Gasteiger partial charge in [0.05, 0.1) is 7.11 Å². The number of amides is 1. The lowest BCUT2D eigenvalue weighted by Crippen LogP contribution is -2.19. The second-order valence-corrected chi connectivity index (χ2v) is 7.81. The number of aromatic nitrogens is 3. The minimum atomic E-state index is -0.164. The summed E-state index contributed by atoms with van der Waals surface area (Å²) in [5.41, 5.74) is 6.65. The Morgan fingerprint density at radius 3 is 2.68 bits per heavy atom. The molecule has 31 heavy (non-hydrogen) atoms. The van der Waals surface area contributed by atoms with Crippen molar-refractivity contribution in [3.63, 3.8) is 0 Å². The fourth-order valence-electron chi connectivity index (χ4n) is 3.99. The van der Waals surface area contributed by atoms with Crippen LogP contribution in [0.4, 0.5) is 5.69 Å². The number of H-pyrrole nitrogens is 1. The SMILES string of the molecule is COc1ccc(-c2n[nH]c(=S)n2CC(=O)Nc2ccc3c(c2)Cc2ccccc2-3)cc1. The average molecular weight is 429 g/mol. The topological polar surface area (TPSA) is 71.9 Å². The summed E-state index contributed by atoms with van der Waals surface area (Å²) in [7, 11) is 1.62. The van der Waals surface area contributed by atoms with Gasteiger partial charge in [-0.1, -0.05) is 30.3 Å². The third kappa shape index (κ3) is 3.64. The molecule has 0 saturated heterocycles. The first-order chi connectivity index (χ1) is 15.1. The number of hydrogen-bond acceptors (Lipinski definition) is 4. The maximum Gasteiger partial charge on any atom is 0.244 e.